The molecule has 1 heterocycles. The Morgan fingerprint density at radius 2 is 1.95 bits per heavy atom. The monoisotopic (exact) mass is 258 g/mol. The lowest BCUT2D eigenvalue weighted by Crippen LogP contribution is -2.08. The van der Waals surface area contributed by atoms with Crippen molar-refractivity contribution in [3.8, 4) is 11.5 Å². The van der Waals surface area contributed by atoms with Crippen LogP contribution in [0.2, 0.25) is 0 Å². The first kappa shape index (κ1) is 13.4. The maximum absolute atomic E-state index is 9.39. The van der Waals surface area contributed by atoms with E-state index in [-0.39, 0.29) is 0 Å². The number of rotatable bonds is 4. The van der Waals surface area contributed by atoms with Gasteiger partial charge >= 0.3 is 0 Å². The molecule has 1 unspecified atom stereocenters. The van der Waals surface area contributed by atoms with Crippen LogP contribution in [0.15, 0.2) is 42.6 Å². The van der Waals surface area contributed by atoms with E-state index in [9.17, 15) is 5.11 Å². The van der Waals surface area contributed by atoms with Crippen LogP contribution in [0.3, 0.4) is 0 Å². The average molecular weight is 258 g/mol. The highest BCUT2D eigenvalue weighted by Crippen LogP contribution is 2.25. The minimum absolute atomic E-state index is 0.564. The SMILES string of the molecule is CC(O)c1ccc(Oc2cccc(N(C)C)c2)cn1. The molecule has 0 fully saturated rings. The normalized spacial score (nSPS) is 12.0. The minimum atomic E-state index is -0.564. The number of ether oxygens (including phenoxy) is 1. The number of pyridine rings is 1. The van der Waals surface area contributed by atoms with Crippen molar-refractivity contribution in [3.05, 3.63) is 48.3 Å². The molecule has 4 nitrogen and oxygen atoms in total. The molecule has 0 saturated heterocycles. The molecular formula is C15H18N2O2. The van der Waals surface area contributed by atoms with Gasteiger partial charge in [-0.1, -0.05) is 6.07 Å². The van der Waals surface area contributed by atoms with Crippen molar-refractivity contribution in [1.29, 1.82) is 0 Å². The zero-order valence-corrected chi connectivity index (χ0v) is 11.4. The summed E-state index contributed by atoms with van der Waals surface area (Å²) in [6.07, 6.45) is 1.05. The van der Waals surface area contributed by atoms with Crippen LogP contribution in [0.5, 0.6) is 11.5 Å². The van der Waals surface area contributed by atoms with E-state index in [0.29, 0.717) is 11.4 Å². The Kier molecular flexibility index (Phi) is 4.02. The highest BCUT2D eigenvalue weighted by Gasteiger charge is 2.04. The summed E-state index contributed by atoms with van der Waals surface area (Å²) < 4.78 is 5.73. The van der Waals surface area contributed by atoms with Gasteiger partial charge in [0.05, 0.1) is 18.0 Å². The van der Waals surface area contributed by atoms with Crippen LogP contribution in [-0.2, 0) is 0 Å². The smallest absolute Gasteiger partial charge is 0.145 e. The maximum atomic E-state index is 9.39. The first-order valence-electron chi connectivity index (χ1n) is 6.15. The van der Waals surface area contributed by atoms with Crippen molar-refractivity contribution < 1.29 is 9.84 Å². The van der Waals surface area contributed by atoms with Crippen LogP contribution in [0.4, 0.5) is 5.69 Å². The first-order chi connectivity index (χ1) is 9.06. The fourth-order valence-corrected chi connectivity index (χ4v) is 1.66. The number of aliphatic hydroxyl groups is 1. The number of nitrogens with zero attached hydrogens (tertiary/aromatic N) is 2. The molecule has 1 aromatic heterocycles. The van der Waals surface area contributed by atoms with Gasteiger partial charge in [0.25, 0.3) is 0 Å². The lowest BCUT2D eigenvalue weighted by molar-refractivity contribution is 0.194. The lowest BCUT2D eigenvalue weighted by Gasteiger charge is -2.14. The third-order valence-corrected chi connectivity index (χ3v) is 2.76. The molecule has 4 heteroatoms. The second kappa shape index (κ2) is 5.71. The van der Waals surface area contributed by atoms with E-state index in [1.165, 1.54) is 0 Å². The summed E-state index contributed by atoms with van der Waals surface area (Å²) in [4.78, 5) is 6.16. The van der Waals surface area contributed by atoms with Crippen LogP contribution in [0.1, 0.15) is 18.7 Å². The molecule has 2 rings (SSSR count). The van der Waals surface area contributed by atoms with Crippen molar-refractivity contribution in [1.82, 2.24) is 4.98 Å². The molecule has 0 radical (unpaired) electrons. The highest BCUT2D eigenvalue weighted by molar-refractivity contribution is 5.50. The Balaban J connectivity index is 2.14. The van der Waals surface area contributed by atoms with Gasteiger partial charge in [0, 0.05) is 25.8 Å². The molecule has 19 heavy (non-hydrogen) atoms. The summed E-state index contributed by atoms with van der Waals surface area (Å²) in [5.41, 5.74) is 1.71. The van der Waals surface area contributed by atoms with Gasteiger partial charge in [-0.2, -0.15) is 0 Å². The van der Waals surface area contributed by atoms with Crippen molar-refractivity contribution in [2.75, 3.05) is 19.0 Å². The molecule has 1 N–H and O–H groups in total. The molecule has 0 spiro atoms. The molecular weight excluding hydrogens is 240 g/mol. The van der Waals surface area contributed by atoms with Gasteiger partial charge in [-0.25, -0.2) is 0 Å². The largest absolute Gasteiger partial charge is 0.456 e. The molecule has 0 bridgehead atoms. The van der Waals surface area contributed by atoms with Crippen molar-refractivity contribution in [2.24, 2.45) is 0 Å². The van der Waals surface area contributed by atoms with Gasteiger partial charge in [0.2, 0.25) is 0 Å². The second-order valence-electron chi connectivity index (χ2n) is 4.59. The second-order valence-corrected chi connectivity index (χ2v) is 4.59. The maximum Gasteiger partial charge on any atom is 0.145 e. The molecule has 1 aromatic carbocycles. The van der Waals surface area contributed by atoms with E-state index in [1.54, 1.807) is 25.3 Å². The van der Waals surface area contributed by atoms with Crippen molar-refractivity contribution in [2.45, 2.75) is 13.0 Å². The zero-order valence-electron chi connectivity index (χ0n) is 11.4. The Morgan fingerprint density at radius 1 is 1.16 bits per heavy atom. The first-order valence-corrected chi connectivity index (χ1v) is 6.15. The number of hydrogen-bond acceptors (Lipinski definition) is 4. The zero-order chi connectivity index (χ0) is 13.8. The molecule has 0 amide bonds. The topological polar surface area (TPSA) is 45.6 Å². The van der Waals surface area contributed by atoms with E-state index >= 15 is 0 Å². The summed E-state index contributed by atoms with van der Waals surface area (Å²) >= 11 is 0. The summed E-state index contributed by atoms with van der Waals surface area (Å²) in [6.45, 7) is 1.68. The molecule has 100 valence electrons. The van der Waals surface area contributed by atoms with Crippen LogP contribution in [0.25, 0.3) is 0 Å². The van der Waals surface area contributed by atoms with E-state index in [2.05, 4.69) is 4.98 Å². The lowest BCUT2D eigenvalue weighted by atomic mass is 10.2. The van der Waals surface area contributed by atoms with E-state index in [1.807, 2.05) is 43.3 Å². The fourth-order valence-electron chi connectivity index (χ4n) is 1.66. The summed E-state index contributed by atoms with van der Waals surface area (Å²) in [5.74, 6) is 1.41. The molecule has 0 aliphatic carbocycles. The third kappa shape index (κ3) is 3.45. The van der Waals surface area contributed by atoms with Gasteiger partial charge in [0.15, 0.2) is 0 Å². The minimum Gasteiger partial charge on any atom is -0.456 e. The van der Waals surface area contributed by atoms with Gasteiger partial charge in [-0.05, 0) is 31.2 Å². The van der Waals surface area contributed by atoms with Crippen LogP contribution in [0, 0.1) is 0 Å². The molecule has 1 atom stereocenters. The standard InChI is InChI=1S/C15H18N2O2/c1-11(18)15-8-7-14(10-16-15)19-13-6-4-5-12(9-13)17(2)3/h4-11,18H,1-3H3. The van der Waals surface area contributed by atoms with E-state index in [0.717, 1.165) is 11.4 Å². The number of aromatic nitrogens is 1. The molecule has 0 aliphatic rings. The molecule has 0 saturated carbocycles. The van der Waals surface area contributed by atoms with Crippen LogP contribution >= 0.6 is 0 Å². The van der Waals surface area contributed by atoms with Crippen LogP contribution < -0.4 is 9.64 Å². The van der Waals surface area contributed by atoms with Gasteiger partial charge in [-0.3, -0.25) is 4.98 Å². The summed E-state index contributed by atoms with van der Waals surface area (Å²) in [7, 11) is 3.97. The molecule has 2 aromatic rings. The predicted molar refractivity (Wildman–Crippen MR) is 75.7 cm³/mol. The summed E-state index contributed by atoms with van der Waals surface area (Å²) in [5, 5.41) is 9.39. The Bertz CT molecular complexity index is 536. The number of benzene rings is 1. The van der Waals surface area contributed by atoms with Gasteiger partial charge < -0.3 is 14.7 Å². The Morgan fingerprint density at radius 3 is 2.53 bits per heavy atom. The number of anilines is 1. The number of aliphatic hydroxyl groups excluding tert-OH is 1. The fraction of sp³-hybridized carbons (Fsp3) is 0.267. The highest BCUT2D eigenvalue weighted by atomic mass is 16.5. The average Bonchev–Trinajstić information content (AvgIpc) is 2.39. The van der Waals surface area contributed by atoms with E-state index in [4.69, 9.17) is 4.74 Å². The molecule has 0 aliphatic heterocycles. The number of hydrogen-bond donors (Lipinski definition) is 1. The summed E-state index contributed by atoms with van der Waals surface area (Å²) in [6, 6.07) is 11.4. The predicted octanol–water partition coefficient (Wildman–Crippen LogP) is 2.99. The van der Waals surface area contributed by atoms with Gasteiger partial charge in [-0.15, -0.1) is 0 Å². The van der Waals surface area contributed by atoms with Crippen molar-refractivity contribution >= 4 is 5.69 Å². The quantitative estimate of drug-likeness (QED) is 0.915. The van der Waals surface area contributed by atoms with Crippen LogP contribution in [-0.4, -0.2) is 24.2 Å². The van der Waals surface area contributed by atoms with Crippen molar-refractivity contribution in [3.63, 3.8) is 0 Å². The van der Waals surface area contributed by atoms with E-state index < -0.39 is 6.10 Å². The third-order valence-electron chi connectivity index (χ3n) is 2.76. The Labute approximate surface area is 113 Å². The van der Waals surface area contributed by atoms with Gasteiger partial charge in [0.1, 0.15) is 11.5 Å². The Hall–Kier alpha value is -2.07.